The van der Waals surface area contributed by atoms with E-state index in [-0.39, 0.29) is 10.8 Å². The van der Waals surface area contributed by atoms with Crippen LogP contribution in [-0.4, -0.2) is 21.9 Å². The molecule has 0 aliphatic carbocycles. The average Bonchev–Trinajstić information content (AvgIpc) is 2.84. The fraction of sp³-hybridized carbons (Fsp3) is 0. The van der Waals surface area contributed by atoms with Crippen LogP contribution >= 0.6 is 11.6 Å². The van der Waals surface area contributed by atoms with Gasteiger partial charge in [0, 0.05) is 17.3 Å². The first-order chi connectivity index (χ1) is 16.1. The molecule has 1 aromatic heterocycles. The molecule has 0 saturated heterocycles. The molecule has 33 heavy (non-hydrogen) atoms. The number of benzene rings is 4. The van der Waals surface area contributed by atoms with Crippen LogP contribution in [0.2, 0.25) is 5.15 Å². The molecule has 5 aromatic rings. The zero-order valence-corrected chi connectivity index (χ0v) is 18.1. The minimum atomic E-state index is -1.26. The van der Waals surface area contributed by atoms with Gasteiger partial charge in [-0.3, -0.25) is 0 Å². The predicted octanol–water partition coefficient (Wildman–Crippen LogP) is 6.98. The number of nitrogens with zero attached hydrogens (tertiary/aromatic N) is 3. The Hall–Kier alpha value is -4.22. The molecule has 0 fully saturated rings. The number of fused-ring (bicyclic) bond motifs is 2. The van der Waals surface area contributed by atoms with Gasteiger partial charge >= 0.3 is 6.09 Å². The third-order valence-electron chi connectivity index (χ3n) is 5.39. The standard InChI is InChI=1S/C27H18ClN3O2/c28-26-24(10-5-15-29-26)31(27(32)33)30-25(22-13-11-18-6-1-3-8-20(18)16-22)23-14-12-19-7-2-4-9-21(19)17-23/h1-17H,(H,32,33). The first kappa shape index (κ1) is 20.7. The number of hydrazone groups is 1. The van der Waals surface area contributed by atoms with E-state index in [2.05, 4.69) is 10.1 Å². The van der Waals surface area contributed by atoms with Gasteiger partial charge < -0.3 is 5.11 Å². The Kier molecular flexibility index (Phi) is 5.47. The molecule has 0 spiro atoms. The number of carbonyl (C=O) groups is 1. The maximum Gasteiger partial charge on any atom is 0.432 e. The van der Waals surface area contributed by atoms with Crippen LogP contribution in [0.3, 0.4) is 0 Å². The molecule has 5 rings (SSSR count). The highest BCUT2D eigenvalue weighted by Gasteiger charge is 2.20. The first-order valence-corrected chi connectivity index (χ1v) is 10.7. The smallest absolute Gasteiger partial charge is 0.432 e. The molecule has 1 heterocycles. The number of hydrogen-bond acceptors (Lipinski definition) is 3. The van der Waals surface area contributed by atoms with E-state index in [0.717, 1.165) is 37.7 Å². The van der Waals surface area contributed by atoms with E-state index in [9.17, 15) is 9.90 Å². The molecular weight excluding hydrogens is 434 g/mol. The van der Waals surface area contributed by atoms with Crippen LogP contribution in [0.4, 0.5) is 10.5 Å². The summed E-state index contributed by atoms with van der Waals surface area (Å²) in [6, 6.07) is 31.1. The Morgan fingerprint density at radius 2 is 1.30 bits per heavy atom. The minimum Gasteiger partial charge on any atom is -0.463 e. The Morgan fingerprint density at radius 1 is 0.758 bits per heavy atom. The van der Waals surface area contributed by atoms with Crippen LogP contribution in [-0.2, 0) is 0 Å². The van der Waals surface area contributed by atoms with Gasteiger partial charge in [0.25, 0.3) is 0 Å². The normalized spacial score (nSPS) is 10.8. The molecule has 160 valence electrons. The Bertz CT molecular complexity index is 1450. The van der Waals surface area contributed by atoms with Gasteiger partial charge in [-0.05, 0) is 45.8 Å². The van der Waals surface area contributed by atoms with Crippen molar-refractivity contribution in [2.75, 3.05) is 5.01 Å². The van der Waals surface area contributed by atoms with Crippen LogP contribution < -0.4 is 5.01 Å². The van der Waals surface area contributed by atoms with Crippen LogP contribution in [0.5, 0.6) is 0 Å². The lowest BCUT2D eigenvalue weighted by Gasteiger charge is -2.17. The monoisotopic (exact) mass is 451 g/mol. The molecule has 6 heteroatoms. The van der Waals surface area contributed by atoms with Gasteiger partial charge in [-0.25, -0.2) is 9.78 Å². The van der Waals surface area contributed by atoms with Gasteiger partial charge in [-0.2, -0.15) is 10.1 Å². The highest BCUT2D eigenvalue weighted by molar-refractivity contribution is 6.32. The third-order valence-corrected chi connectivity index (χ3v) is 5.69. The first-order valence-electron chi connectivity index (χ1n) is 10.3. The molecule has 1 amide bonds. The SMILES string of the molecule is O=C(O)N(N=C(c1ccc2ccccc2c1)c1ccc2ccccc2c1)c1cccnc1Cl. The van der Waals surface area contributed by atoms with E-state index < -0.39 is 6.09 Å². The Labute approximate surface area is 195 Å². The molecule has 5 nitrogen and oxygen atoms in total. The molecule has 0 bridgehead atoms. The summed E-state index contributed by atoms with van der Waals surface area (Å²) in [6.07, 6.45) is 0.243. The second kappa shape index (κ2) is 8.73. The van der Waals surface area contributed by atoms with Gasteiger partial charge in [0.2, 0.25) is 0 Å². The van der Waals surface area contributed by atoms with Crippen LogP contribution in [0, 0.1) is 0 Å². The number of hydrogen-bond donors (Lipinski definition) is 1. The van der Waals surface area contributed by atoms with Gasteiger partial charge in [0.05, 0.1) is 5.71 Å². The molecule has 1 N–H and O–H groups in total. The second-order valence-electron chi connectivity index (χ2n) is 7.48. The fourth-order valence-corrected chi connectivity index (χ4v) is 3.99. The van der Waals surface area contributed by atoms with Gasteiger partial charge in [-0.1, -0.05) is 84.4 Å². The molecule has 0 unspecified atom stereocenters. The van der Waals surface area contributed by atoms with Crippen molar-refractivity contribution in [3.63, 3.8) is 0 Å². The lowest BCUT2D eigenvalue weighted by molar-refractivity contribution is 0.202. The fourth-order valence-electron chi connectivity index (χ4n) is 3.79. The largest absolute Gasteiger partial charge is 0.463 e. The van der Waals surface area contributed by atoms with Crippen molar-refractivity contribution in [2.24, 2.45) is 5.10 Å². The van der Waals surface area contributed by atoms with Gasteiger partial charge in [-0.15, -0.1) is 0 Å². The quantitative estimate of drug-likeness (QED) is 0.182. The lowest BCUT2D eigenvalue weighted by atomic mass is 9.97. The number of halogens is 1. The van der Waals surface area contributed by atoms with Crippen molar-refractivity contribution in [1.29, 1.82) is 0 Å². The van der Waals surface area contributed by atoms with E-state index in [1.165, 1.54) is 6.20 Å². The summed E-state index contributed by atoms with van der Waals surface area (Å²) in [5.41, 5.74) is 2.27. The summed E-state index contributed by atoms with van der Waals surface area (Å²) in [6.45, 7) is 0. The van der Waals surface area contributed by atoms with E-state index in [4.69, 9.17) is 11.6 Å². The Balaban J connectivity index is 1.74. The maximum absolute atomic E-state index is 12.2. The summed E-state index contributed by atoms with van der Waals surface area (Å²) >= 11 is 6.21. The van der Waals surface area contributed by atoms with Crippen LogP contribution in [0.15, 0.2) is 108 Å². The van der Waals surface area contributed by atoms with Crippen molar-refractivity contribution >= 4 is 50.6 Å². The molecule has 0 aliphatic heterocycles. The van der Waals surface area contributed by atoms with Crippen molar-refractivity contribution in [2.45, 2.75) is 0 Å². The number of rotatable bonds is 4. The maximum atomic E-state index is 12.2. The summed E-state index contributed by atoms with van der Waals surface area (Å²) < 4.78 is 0. The average molecular weight is 452 g/mol. The van der Waals surface area contributed by atoms with Crippen LogP contribution in [0.1, 0.15) is 11.1 Å². The molecule has 0 radical (unpaired) electrons. The van der Waals surface area contributed by atoms with Gasteiger partial charge in [0.15, 0.2) is 5.15 Å². The van der Waals surface area contributed by atoms with E-state index in [1.54, 1.807) is 12.1 Å². The summed E-state index contributed by atoms with van der Waals surface area (Å²) in [5, 5.41) is 19.7. The summed E-state index contributed by atoms with van der Waals surface area (Å²) in [7, 11) is 0. The zero-order chi connectivity index (χ0) is 22.8. The number of pyridine rings is 1. The van der Waals surface area contributed by atoms with Crippen molar-refractivity contribution in [1.82, 2.24) is 4.98 Å². The van der Waals surface area contributed by atoms with Crippen molar-refractivity contribution in [3.8, 4) is 0 Å². The number of anilines is 1. The van der Waals surface area contributed by atoms with Crippen molar-refractivity contribution < 1.29 is 9.90 Å². The number of carboxylic acid groups (broad SMARTS) is 1. The van der Waals surface area contributed by atoms with Crippen LogP contribution in [0.25, 0.3) is 21.5 Å². The topological polar surface area (TPSA) is 65.8 Å². The van der Waals surface area contributed by atoms with E-state index in [0.29, 0.717) is 5.71 Å². The van der Waals surface area contributed by atoms with Crippen molar-refractivity contribution in [3.05, 3.63) is 120 Å². The third kappa shape index (κ3) is 4.14. The van der Waals surface area contributed by atoms with E-state index >= 15 is 0 Å². The molecule has 0 aliphatic rings. The predicted molar refractivity (Wildman–Crippen MR) is 133 cm³/mol. The highest BCUT2D eigenvalue weighted by atomic mass is 35.5. The minimum absolute atomic E-state index is 0.0556. The Morgan fingerprint density at radius 3 is 1.82 bits per heavy atom. The summed E-state index contributed by atoms with van der Waals surface area (Å²) in [5.74, 6) is 0. The lowest BCUT2D eigenvalue weighted by Crippen LogP contribution is -2.26. The molecule has 4 aromatic carbocycles. The zero-order valence-electron chi connectivity index (χ0n) is 17.4. The van der Waals surface area contributed by atoms with Gasteiger partial charge in [0.1, 0.15) is 5.69 Å². The molecular formula is C27H18ClN3O2. The molecule has 0 atom stereocenters. The number of aromatic nitrogens is 1. The second-order valence-corrected chi connectivity index (χ2v) is 7.84. The number of amides is 1. The summed E-state index contributed by atoms with van der Waals surface area (Å²) in [4.78, 5) is 16.2. The highest BCUT2D eigenvalue weighted by Crippen LogP contribution is 2.27. The molecule has 0 saturated carbocycles. The van der Waals surface area contributed by atoms with E-state index in [1.807, 2.05) is 84.9 Å².